The fourth-order valence-corrected chi connectivity index (χ4v) is 4.84. The van der Waals surface area contributed by atoms with Crippen LogP contribution in [-0.4, -0.2) is 50.2 Å². The maximum absolute atomic E-state index is 12.7. The zero-order valence-electron chi connectivity index (χ0n) is 18.2. The van der Waals surface area contributed by atoms with Crippen LogP contribution in [0, 0.1) is 6.92 Å². The first-order valence-corrected chi connectivity index (χ1v) is 12.1. The fourth-order valence-electron chi connectivity index (χ4n) is 3.60. The van der Waals surface area contributed by atoms with Crippen LogP contribution < -0.4 is 11.1 Å². The van der Waals surface area contributed by atoms with Crippen LogP contribution in [0.25, 0.3) is 11.2 Å². The molecule has 33 heavy (non-hydrogen) atoms. The summed E-state index contributed by atoms with van der Waals surface area (Å²) in [4.78, 5) is 22.2. The Morgan fingerprint density at radius 1 is 1.30 bits per heavy atom. The number of aliphatic imine (C=N–C) groups is 1. The highest BCUT2D eigenvalue weighted by atomic mass is 32.2. The molecule has 0 bridgehead atoms. The van der Waals surface area contributed by atoms with Gasteiger partial charge in [-0.3, -0.25) is 13.4 Å². The summed E-state index contributed by atoms with van der Waals surface area (Å²) in [6.07, 6.45) is 8.68. The highest BCUT2D eigenvalue weighted by Crippen LogP contribution is 2.24. The molecule has 1 aliphatic carbocycles. The average molecular weight is 464 g/mol. The minimum atomic E-state index is -1.14. The van der Waals surface area contributed by atoms with Gasteiger partial charge in [-0.25, -0.2) is 9.98 Å². The van der Waals surface area contributed by atoms with E-state index < -0.39 is 10.8 Å². The zero-order chi connectivity index (χ0) is 22.9. The largest absolute Gasteiger partial charge is 0.404 e. The van der Waals surface area contributed by atoms with Crippen molar-refractivity contribution in [2.24, 2.45) is 10.7 Å². The Balaban J connectivity index is 1.42. The standard InChI is InChI=1S/C24H25N5O3S/c1-15-2-3-16(24(30)28-18-4-5-18)8-21(15)17(9-25)10-26-23-11-27-22-7-6-19(12-29(22)23)33(31)20-13-32-14-20/h2-3,6-12,18,20H,4-5,13-14,25H2,1H3,(H,28,30). The van der Waals surface area contributed by atoms with Crippen molar-refractivity contribution >= 4 is 40.0 Å². The predicted molar refractivity (Wildman–Crippen MR) is 128 cm³/mol. The summed E-state index contributed by atoms with van der Waals surface area (Å²) in [5.41, 5.74) is 9.75. The number of nitrogens with two attached hydrogens (primary N) is 1. The lowest BCUT2D eigenvalue weighted by atomic mass is 9.99. The zero-order valence-corrected chi connectivity index (χ0v) is 19.0. The molecular formula is C24H25N5O3S. The first-order chi connectivity index (χ1) is 16.0. The van der Waals surface area contributed by atoms with Crippen molar-refractivity contribution in [2.45, 2.75) is 36.0 Å². The summed E-state index contributed by atoms with van der Waals surface area (Å²) in [6, 6.07) is 9.53. The van der Waals surface area contributed by atoms with E-state index in [9.17, 15) is 9.00 Å². The molecule has 3 N–H and O–H groups in total. The van der Waals surface area contributed by atoms with Crippen molar-refractivity contribution in [2.75, 3.05) is 13.2 Å². The lowest BCUT2D eigenvalue weighted by Crippen LogP contribution is -2.37. The second kappa shape index (κ2) is 8.92. The van der Waals surface area contributed by atoms with Gasteiger partial charge in [0.1, 0.15) is 5.65 Å². The summed E-state index contributed by atoms with van der Waals surface area (Å²) in [7, 11) is -1.14. The van der Waals surface area contributed by atoms with Gasteiger partial charge in [0.25, 0.3) is 5.91 Å². The smallest absolute Gasteiger partial charge is 0.251 e. The van der Waals surface area contributed by atoms with Gasteiger partial charge in [-0.05, 0) is 55.2 Å². The number of amides is 1. The first-order valence-electron chi connectivity index (χ1n) is 10.9. The van der Waals surface area contributed by atoms with Gasteiger partial charge in [0.2, 0.25) is 0 Å². The highest BCUT2D eigenvalue weighted by Gasteiger charge is 2.27. The number of carbonyl (C=O) groups excluding carboxylic acids is 1. The number of aryl methyl sites for hydroxylation is 1. The SMILES string of the molecule is Cc1ccc(C(=O)NC2CC2)cc1C(C=Nc1cnc2ccc(S(=O)C3COC3)cn12)=CN. The van der Waals surface area contributed by atoms with Crippen LogP contribution in [0.15, 0.2) is 58.8 Å². The van der Waals surface area contributed by atoms with Crippen LogP contribution >= 0.6 is 0 Å². The molecule has 1 aromatic carbocycles. The van der Waals surface area contributed by atoms with Crippen LogP contribution in [0.2, 0.25) is 0 Å². The van der Waals surface area contributed by atoms with Crippen molar-refractivity contribution in [3.05, 3.63) is 65.6 Å². The number of benzene rings is 1. The van der Waals surface area contributed by atoms with Crippen LogP contribution in [0.4, 0.5) is 5.82 Å². The number of pyridine rings is 1. The third-order valence-electron chi connectivity index (χ3n) is 5.84. The molecule has 8 nitrogen and oxygen atoms in total. The Morgan fingerprint density at radius 2 is 2.12 bits per heavy atom. The number of carbonyl (C=O) groups is 1. The fraction of sp³-hybridized carbons (Fsp3) is 0.292. The van der Waals surface area contributed by atoms with Gasteiger partial charge < -0.3 is 15.8 Å². The molecule has 1 unspecified atom stereocenters. The van der Waals surface area contributed by atoms with Gasteiger partial charge in [-0.15, -0.1) is 0 Å². The van der Waals surface area contributed by atoms with E-state index in [4.69, 9.17) is 10.5 Å². The molecule has 9 heteroatoms. The second-order valence-corrected chi connectivity index (χ2v) is 10.1. The van der Waals surface area contributed by atoms with E-state index in [0.29, 0.717) is 46.8 Å². The molecule has 0 spiro atoms. The maximum Gasteiger partial charge on any atom is 0.251 e. The quantitative estimate of drug-likeness (QED) is 0.524. The molecule has 170 valence electrons. The molecule has 1 saturated heterocycles. The Bertz CT molecular complexity index is 1300. The number of allylic oxidation sites excluding steroid dienone is 1. The summed E-state index contributed by atoms with van der Waals surface area (Å²) >= 11 is 0. The lowest BCUT2D eigenvalue weighted by molar-refractivity contribution is 0.0435. The summed E-state index contributed by atoms with van der Waals surface area (Å²) in [5, 5.41) is 3.04. The third-order valence-corrected chi connectivity index (χ3v) is 7.42. The molecule has 0 radical (unpaired) electrons. The van der Waals surface area contributed by atoms with E-state index in [1.54, 1.807) is 12.4 Å². The molecule has 1 saturated carbocycles. The number of hydrogen-bond acceptors (Lipinski definition) is 6. The number of imidazole rings is 1. The first kappa shape index (κ1) is 21.5. The molecule has 1 atom stereocenters. The molecular weight excluding hydrogens is 438 g/mol. The third kappa shape index (κ3) is 4.46. The molecule has 1 aliphatic heterocycles. The van der Waals surface area contributed by atoms with Crippen LogP contribution in [0.3, 0.4) is 0 Å². The van der Waals surface area contributed by atoms with Gasteiger partial charge in [-0.2, -0.15) is 0 Å². The van der Waals surface area contributed by atoms with Crippen LogP contribution in [0.1, 0.15) is 34.3 Å². The number of rotatable bonds is 7. The number of nitrogens with one attached hydrogen (secondary N) is 1. The number of aromatic nitrogens is 2. The number of nitrogens with zero attached hydrogens (tertiary/aromatic N) is 3. The van der Waals surface area contributed by atoms with Crippen LogP contribution in [0.5, 0.6) is 0 Å². The van der Waals surface area contributed by atoms with Gasteiger partial charge in [0.15, 0.2) is 5.82 Å². The molecule has 2 aromatic heterocycles. The molecule has 5 rings (SSSR count). The van der Waals surface area contributed by atoms with Gasteiger partial charge >= 0.3 is 0 Å². The summed E-state index contributed by atoms with van der Waals surface area (Å²) in [6.45, 7) is 3.00. The van der Waals surface area contributed by atoms with E-state index >= 15 is 0 Å². The summed E-state index contributed by atoms with van der Waals surface area (Å²) in [5.74, 6) is 0.514. The van der Waals surface area contributed by atoms with Crippen molar-refractivity contribution in [1.82, 2.24) is 14.7 Å². The number of fused-ring (bicyclic) bond motifs is 1. The molecule has 2 fully saturated rings. The Kier molecular flexibility index (Phi) is 5.82. The minimum absolute atomic E-state index is 0.0251. The Morgan fingerprint density at radius 3 is 2.82 bits per heavy atom. The summed E-state index contributed by atoms with van der Waals surface area (Å²) < 4.78 is 19.7. The predicted octanol–water partition coefficient (Wildman–Crippen LogP) is 2.74. The van der Waals surface area contributed by atoms with Gasteiger partial charge in [0, 0.05) is 35.8 Å². The average Bonchev–Trinajstić information content (AvgIpc) is 3.50. The monoisotopic (exact) mass is 463 g/mol. The molecule has 3 aromatic rings. The van der Waals surface area contributed by atoms with E-state index in [1.165, 1.54) is 6.20 Å². The van der Waals surface area contributed by atoms with E-state index in [0.717, 1.165) is 24.0 Å². The van der Waals surface area contributed by atoms with E-state index in [1.807, 2.05) is 47.9 Å². The number of ether oxygens (including phenoxy) is 1. The second-order valence-electron chi connectivity index (χ2n) is 8.32. The molecule has 3 heterocycles. The Labute approximate surface area is 194 Å². The number of hydrogen-bond donors (Lipinski definition) is 2. The van der Waals surface area contributed by atoms with Gasteiger partial charge in [0.05, 0.1) is 40.4 Å². The lowest BCUT2D eigenvalue weighted by Gasteiger charge is -2.24. The maximum atomic E-state index is 12.7. The van der Waals surface area contributed by atoms with Crippen molar-refractivity contribution in [3.63, 3.8) is 0 Å². The Hall–Kier alpha value is -3.30. The highest BCUT2D eigenvalue weighted by molar-refractivity contribution is 7.85. The normalized spacial score (nSPS) is 17.9. The molecule has 1 amide bonds. The van der Waals surface area contributed by atoms with Crippen molar-refractivity contribution in [3.8, 4) is 0 Å². The van der Waals surface area contributed by atoms with E-state index in [2.05, 4.69) is 15.3 Å². The molecule has 2 aliphatic rings. The minimum Gasteiger partial charge on any atom is -0.404 e. The van der Waals surface area contributed by atoms with Crippen LogP contribution in [-0.2, 0) is 15.5 Å². The van der Waals surface area contributed by atoms with E-state index in [-0.39, 0.29) is 11.2 Å². The van der Waals surface area contributed by atoms with Crippen molar-refractivity contribution < 1.29 is 13.7 Å². The topological polar surface area (TPSA) is 111 Å². The van der Waals surface area contributed by atoms with Gasteiger partial charge in [-0.1, -0.05) is 6.07 Å². The van der Waals surface area contributed by atoms with Crippen molar-refractivity contribution in [1.29, 1.82) is 0 Å².